The summed E-state index contributed by atoms with van der Waals surface area (Å²) in [4.78, 5) is 13.8. The second kappa shape index (κ2) is 6.23. The van der Waals surface area contributed by atoms with E-state index < -0.39 is 9.05 Å². The number of amides is 1. The van der Waals surface area contributed by atoms with Gasteiger partial charge in [0.25, 0.3) is 0 Å². The third-order valence-electron chi connectivity index (χ3n) is 3.74. The number of ether oxygens (including phenoxy) is 1. The average Bonchev–Trinajstić information content (AvgIpc) is 2.76. The second-order valence-electron chi connectivity index (χ2n) is 5.27. The van der Waals surface area contributed by atoms with Gasteiger partial charge in [0.1, 0.15) is 5.75 Å². The zero-order valence-corrected chi connectivity index (χ0v) is 13.5. The van der Waals surface area contributed by atoms with E-state index in [1.165, 1.54) is 0 Å². The summed E-state index contributed by atoms with van der Waals surface area (Å²) in [5, 5.41) is 0. The summed E-state index contributed by atoms with van der Waals surface area (Å²) in [6.45, 7) is 2.34. The van der Waals surface area contributed by atoms with Crippen LogP contribution in [0.1, 0.15) is 24.9 Å². The Kier molecular flexibility index (Phi) is 4.78. The molecule has 7 heteroatoms. The molecule has 2 rings (SSSR count). The van der Waals surface area contributed by atoms with Crippen molar-refractivity contribution in [2.45, 2.75) is 19.4 Å². The van der Waals surface area contributed by atoms with Crippen molar-refractivity contribution in [1.29, 1.82) is 0 Å². The second-order valence-corrected chi connectivity index (χ2v) is 8.09. The molecule has 0 spiro atoms. The number of halogens is 1. The smallest absolute Gasteiger partial charge is 0.232 e. The number of carbonyl (C=O) groups is 1. The number of methoxy groups -OCH3 is 1. The average molecular weight is 332 g/mol. The van der Waals surface area contributed by atoms with Crippen LogP contribution in [-0.2, 0) is 13.8 Å². The van der Waals surface area contributed by atoms with Crippen LogP contribution in [0.4, 0.5) is 0 Å². The molecule has 2 atom stereocenters. The van der Waals surface area contributed by atoms with Crippen LogP contribution >= 0.6 is 10.7 Å². The van der Waals surface area contributed by atoms with Crippen LogP contribution in [0.2, 0.25) is 0 Å². The first-order valence-corrected chi connectivity index (χ1v) is 9.13. The molecule has 0 aliphatic carbocycles. The van der Waals surface area contributed by atoms with E-state index in [1.807, 2.05) is 31.2 Å². The van der Waals surface area contributed by atoms with Crippen LogP contribution in [0.3, 0.4) is 0 Å². The summed E-state index contributed by atoms with van der Waals surface area (Å²) in [6, 6.07) is 7.39. The third-order valence-corrected chi connectivity index (χ3v) is 4.99. The van der Waals surface area contributed by atoms with E-state index in [0.29, 0.717) is 6.54 Å². The van der Waals surface area contributed by atoms with Gasteiger partial charge in [0, 0.05) is 29.6 Å². The highest BCUT2D eigenvalue weighted by Crippen LogP contribution is 2.30. The Morgan fingerprint density at radius 3 is 2.52 bits per heavy atom. The minimum Gasteiger partial charge on any atom is -0.497 e. The maximum absolute atomic E-state index is 12.1. The number of hydrogen-bond donors (Lipinski definition) is 0. The van der Waals surface area contributed by atoms with Gasteiger partial charge in [-0.3, -0.25) is 4.79 Å². The molecule has 1 heterocycles. The quantitative estimate of drug-likeness (QED) is 0.776. The number of carbonyl (C=O) groups excluding carboxylic acids is 1. The minimum atomic E-state index is -3.58. The molecule has 5 nitrogen and oxygen atoms in total. The van der Waals surface area contributed by atoms with Gasteiger partial charge in [0.15, 0.2) is 0 Å². The molecule has 21 heavy (non-hydrogen) atoms. The maximum Gasteiger partial charge on any atom is 0.232 e. The van der Waals surface area contributed by atoms with Gasteiger partial charge in [-0.1, -0.05) is 12.1 Å². The van der Waals surface area contributed by atoms with Gasteiger partial charge < -0.3 is 9.64 Å². The molecule has 1 saturated heterocycles. The van der Waals surface area contributed by atoms with E-state index in [1.54, 1.807) is 12.0 Å². The summed E-state index contributed by atoms with van der Waals surface area (Å²) < 4.78 is 27.4. The Morgan fingerprint density at radius 1 is 1.38 bits per heavy atom. The van der Waals surface area contributed by atoms with Crippen molar-refractivity contribution < 1.29 is 17.9 Å². The van der Waals surface area contributed by atoms with Crippen LogP contribution in [0.5, 0.6) is 5.75 Å². The highest BCUT2D eigenvalue weighted by molar-refractivity contribution is 8.13. The molecule has 0 N–H and O–H groups in total. The van der Waals surface area contributed by atoms with Gasteiger partial charge in [0.05, 0.1) is 18.9 Å². The molecule has 1 aromatic carbocycles. The van der Waals surface area contributed by atoms with Crippen LogP contribution in [0.25, 0.3) is 0 Å². The molecule has 0 saturated carbocycles. The standard InChI is InChI=1S/C14H18ClNO4S/c1-10(12-3-5-13(20-2)6-4-12)16-8-11(7-14(16)17)9-21(15,18)19/h3-6,10-11H,7-9H2,1-2H3/t10-,11?/m0/s1. The Morgan fingerprint density at radius 2 is 2.00 bits per heavy atom. The predicted molar refractivity (Wildman–Crippen MR) is 80.9 cm³/mol. The lowest BCUT2D eigenvalue weighted by molar-refractivity contribution is -0.129. The van der Waals surface area contributed by atoms with Crippen molar-refractivity contribution in [2.24, 2.45) is 5.92 Å². The van der Waals surface area contributed by atoms with Crippen molar-refractivity contribution in [3.8, 4) is 5.75 Å². The fraction of sp³-hybridized carbons (Fsp3) is 0.500. The van der Waals surface area contributed by atoms with Gasteiger partial charge in [-0.15, -0.1) is 0 Å². The predicted octanol–water partition coefficient (Wildman–Crippen LogP) is 2.17. The molecule has 1 amide bonds. The lowest BCUT2D eigenvalue weighted by Gasteiger charge is -2.25. The molecular weight excluding hydrogens is 314 g/mol. The normalized spacial score (nSPS) is 20.6. The first kappa shape index (κ1) is 16.1. The lowest BCUT2D eigenvalue weighted by Crippen LogP contribution is -2.29. The summed E-state index contributed by atoms with van der Waals surface area (Å²) in [6.07, 6.45) is 0.229. The van der Waals surface area contributed by atoms with Gasteiger partial charge in [-0.2, -0.15) is 0 Å². The van der Waals surface area contributed by atoms with E-state index in [9.17, 15) is 13.2 Å². The van der Waals surface area contributed by atoms with Gasteiger partial charge >= 0.3 is 0 Å². The molecule has 0 radical (unpaired) electrons. The molecular formula is C14H18ClNO4S. The molecule has 0 bridgehead atoms. The minimum absolute atomic E-state index is 0.0383. The van der Waals surface area contributed by atoms with Crippen LogP contribution in [0.15, 0.2) is 24.3 Å². The SMILES string of the molecule is COc1ccc([C@H](C)N2CC(CS(=O)(=O)Cl)CC2=O)cc1. The highest BCUT2D eigenvalue weighted by Gasteiger charge is 2.35. The summed E-state index contributed by atoms with van der Waals surface area (Å²) >= 11 is 0. The van der Waals surface area contributed by atoms with E-state index in [4.69, 9.17) is 15.4 Å². The fourth-order valence-corrected chi connectivity index (χ4v) is 3.96. The van der Waals surface area contributed by atoms with Crippen molar-refractivity contribution in [1.82, 2.24) is 4.90 Å². The third kappa shape index (κ3) is 4.11. The van der Waals surface area contributed by atoms with Gasteiger partial charge in [-0.25, -0.2) is 8.42 Å². The van der Waals surface area contributed by atoms with E-state index in [2.05, 4.69) is 0 Å². The molecule has 1 fully saturated rings. The highest BCUT2D eigenvalue weighted by atomic mass is 35.7. The first-order valence-electron chi connectivity index (χ1n) is 6.66. The molecule has 116 valence electrons. The number of likely N-dealkylation sites (tertiary alicyclic amines) is 1. The van der Waals surface area contributed by atoms with E-state index >= 15 is 0 Å². The molecule has 0 aromatic heterocycles. The van der Waals surface area contributed by atoms with E-state index in [0.717, 1.165) is 11.3 Å². The molecule has 1 aliphatic rings. The maximum atomic E-state index is 12.1. The molecule has 1 aromatic rings. The van der Waals surface area contributed by atoms with Crippen molar-refractivity contribution in [3.63, 3.8) is 0 Å². The van der Waals surface area contributed by atoms with Crippen LogP contribution in [-0.4, -0.2) is 38.6 Å². The zero-order valence-electron chi connectivity index (χ0n) is 12.0. The summed E-state index contributed by atoms with van der Waals surface area (Å²) in [5.41, 5.74) is 0.985. The topological polar surface area (TPSA) is 63.7 Å². The Labute approximate surface area is 129 Å². The number of benzene rings is 1. The lowest BCUT2D eigenvalue weighted by atomic mass is 10.1. The molecule has 1 unspecified atom stereocenters. The Balaban J connectivity index is 2.08. The van der Waals surface area contributed by atoms with Crippen LogP contribution < -0.4 is 4.74 Å². The van der Waals surface area contributed by atoms with Crippen molar-refractivity contribution in [3.05, 3.63) is 29.8 Å². The number of hydrogen-bond acceptors (Lipinski definition) is 4. The number of rotatable bonds is 5. The zero-order chi connectivity index (χ0) is 15.6. The summed E-state index contributed by atoms with van der Waals surface area (Å²) in [5.74, 6) is 0.320. The van der Waals surface area contributed by atoms with Gasteiger partial charge in [0.2, 0.25) is 15.0 Å². The van der Waals surface area contributed by atoms with Crippen LogP contribution in [0, 0.1) is 5.92 Å². The van der Waals surface area contributed by atoms with Crippen molar-refractivity contribution in [2.75, 3.05) is 19.4 Å². The largest absolute Gasteiger partial charge is 0.497 e. The monoisotopic (exact) mass is 331 g/mol. The molecule has 1 aliphatic heterocycles. The van der Waals surface area contributed by atoms with Gasteiger partial charge in [-0.05, 0) is 24.6 Å². The first-order chi connectivity index (χ1) is 9.80. The number of nitrogens with zero attached hydrogens (tertiary/aromatic N) is 1. The Hall–Kier alpha value is -1.27. The fourth-order valence-electron chi connectivity index (χ4n) is 2.64. The van der Waals surface area contributed by atoms with E-state index in [-0.39, 0.29) is 30.0 Å². The van der Waals surface area contributed by atoms with Crippen molar-refractivity contribution >= 4 is 25.6 Å². The summed E-state index contributed by atoms with van der Waals surface area (Å²) in [7, 11) is 3.29. The Bertz CT molecular complexity index is 614.